The van der Waals surface area contributed by atoms with Gasteiger partial charge in [0.1, 0.15) is 0 Å². The van der Waals surface area contributed by atoms with Crippen molar-refractivity contribution in [2.45, 2.75) is 25.6 Å². The van der Waals surface area contributed by atoms with Gasteiger partial charge in [-0.15, -0.1) is 0 Å². The second-order valence-corrected chi connectivity index (χ2v) is 4.81. The van der Waals surface area contributed by atoms with E-state index >= 15 is 0 Å². The highest BCUT2D eigenvalue weighted by atomic mass is 35.5. The number of hydrogen-bond donors (Lipinski definition) is 3. The van der Waals surface area contributed by atoms with Gasteiger partial charge in [-0.3, -0.25) is 9.59 Å². The molecule has 2 amide bonds. The van der Waals surface area contributed by atoms with Crippen molar-refractivity contribution in [2.24, 2.45) is 0 Å². The minimum atomic E-state index is -4.60. The second kappa shape index (κ2) is 7.46. The third-order valence-corrected chi connectivity index (χ3v) is 3.13. The molecule has 0 aromatic heterocycles. The Morgan fingerprint density at radius 2 is 1.95 bits per heavy atom. The minimum Gasteiger partial charge on any atom is -0.394 e. The van der Waals surface area contributed by atoms with E-state index in [9.17, 15) is 22.8 Å². The molecule has 0 saturated carbocycles. The molecule has 0 bridgehead atoms. The first-order valence-electron chi connectivity index (χ1n) is 6.28. The van der Waals surface area contributed by atoms with Crippen LogP contribution in [0.2, 0.25) is 5.02 Å². The lowest BCUT2D eigenvalue weighted by atomic mass is 10.2. The SMILES string of the molecule is CC[C@H](CO)NC(=O)C(=O)Nc1cc(C(F)(F)F)ccc1Cl. The van der Waals surface area contributed by atoms with Crippen molar-refractivity contribution in [3.8, 4) is 0 Å². The van der Waals surface area contributed by atoms with Gasteiger partial charge in [0.05, 0.1) is 28.9 Å². The molecule has 0 aliphatic carbocycles. The van der Waals surface area contributed by atoms with Crippen LogP contribution in [0.4, 0.5) is 18.9 Å². The third-order valence-electron chi connectivity index (χ3n) is 2.80. The Morgan fingerprint density at radius 3 is 2.45 bits per heavy atom. The maximum atomic E-state index is 12.6. The zero-order valence-electron chi connectivity index (χ0n) is 11.5. The number of amides is 2. The third kappa shape index (κ3) is 4.88. The summed E-state index contributed by atoms with van der Waals surface area (Å²) in [5.74, 6) is -2.25. The van der Waals surface area contributed by atoms with Crippen LogP contribution in [0.15, 0.2) is 18.2 Å². The monoisotopic (exact) mass is 338 g/mol. The van der Waals surface area contributed by atoms with E-state index in [1.165, 1.54) is 0 Å². The fraction of sp³-hybridized carbons (Fsp3) is 0.385. The van der Waals surface area contributed by atoms with E-state index in [0.29, 0.717) is 12.5 Å². The Morgan fingerprint density at radius 1 is 1.32 bits per heavy atom. The molecule has 122 valence electrons. The number of carbonyl (C=O) groups excluding carboxylic acids is 2. The van der Waals surface area contributed by atoms with E-state index in [2.05, 4.69) is 5.32 Å². The summed E-state index contributed by atoms with van der Waals surface area (Å²) in [6.07, 6.45) is -4.21. The van der Waals surface area contributed by atoms with Crippen LogP contribution in [-0.4, -0.2) is 29.6 Å². The molecule has 3 N–H and O–H groups in total. The lowest BCUT2D eigenvalue weighted by Crippen LogP contribution is -2.43. The van der Waals surface area contributed by atoms with E-state index in [-0.39, 0.29) is 17.3 Å². The molecule has 22 heavy (non-hydrogen) atoms. The van der Waals surface area contributed by atoms with Crippen molar-refractivity contribution >= 4 is 29.1 Å². The summed E-state index contributed by atoms with van der Waals surface area (Å²) < 4.78 is 37.8. The average molecular weight is 339 g/mol. The van der Waals surface area contributed by atoms with Gasteiger partial charge in [-0.25, -0.2) is 0 Å². The van der Waals surface area contributed by atoms with E-state index in [4.69, 9.17) is 16.7 Å². The molecular weight excluding hydrogens is 325 g/mol. The van der Waals surface area contributed by atoms with E-state index < -0.39 is 29.6 Å². The van der Waals surface area contributed by atoms with Crippen LogP contribution in [0.25, 0.3) is 0 Å². The van der Waals surface area contributed by atoms with Crippen LogP contribution >= 0.6 is 11.6 Å². The molecule has 0 saturated heterocycles. The topological polar surface area (TPSA) is 78.4 Å². The number of aliphatic hydroxyl groups excluding tert-OH is 1. The van der Waals surface area contributed by atoms with Gasteiger partial charge in [0.15, 0.2) is 0 Å². The molecule has 0 aliphatic rings. The first kappa shape index (κ1) is 18.2. The summed E-state index contributed by atoms with van der Waals surface area (Å²) in [6.45, 7) is 1.32. The molecular formula is C13H14ClF3N2O3. The van der Waals surface area contributed by atoms with Gasteiger partial charge in [-0.05, 0) is 24.6 Å². The molecule has 0 aliphatic heterocycles. The molecule has 0 fully saturated rings. The fourth-order valence-electron chi connectivity index (χ4n) is 1.50. The number of anilines is 1. The fourth-order valence-corrected chi connectivity index (χ4v) is 1.67. The predicted molar refractivity (Wildman–Crippen MR) is 74.4 cm³/mol. The number of halogens is 4. The molecule has 1 aromatic carbocycles. The number of hydrogen-bond acceptors (Lipinski definition) is 3. The van der Waals surface area contributed by atoms with Gasteiger partial charge >= 0.3 is 18.0 Å². The van der Waals surface area contributed by atoms with Gasteiger partial charge in [0.25, 0.3) is 0 Å². The molecule has 1 atom stereocenters. The molecule has 1 rings (SSSR count). The summed E-state index contributed by atoms with van der Waals surface area (Å²) in [5, 5.41) is 13.0. The minimum absolute atomic E-state index is 0.136. The standard InChI is InChI=1S/C13H14ClF3N2O3/c1-2-8(6-20)18-11(21)12(22)19-10-5-7(13(15,16)17)3-4-9(10)14/h3-5,8,20H,2,6H2,1H3,(H,18,21)(H,19,22)/t8-/m1/s1. The molecule has 1 aromatic rings. The van der Waals surface area contributed by atoms with Crippen LogP contribution in [0.5, 0.6) is 0 Å². The van der Waals surface area contributed by atoms with Gasteiger partial charge in [-0.1, -0.05) is 18.5 Å². The first-order chi connectivity index (χ1) is 10.2. The van der Waals surface area contributed by atoms with Crippen molar-refractivity contribution in [2.75, 3.05) is 11.9 Å². The Kier molecular flexibility index (Phi) is 6.19. The number of alkyl halides is 3. The zero-order valence-corrected chi connectivity index (χ0v) is 12.3. The molecule has 9 heteroatoms. The predicted octanol–water partition coefficient (Wildman–Crippen LogP) is 2.18. The van der Waals surface area contributed by atoms with Gasteiger partial charge in [-0.2, -0.15) is 13.2 Å². The van der Waals surface area contributed by atoms with E-state index in [0.717, 1.165) is 12.1 Å². The lowest BCUT2D eigenvalue weighted by molar-refractivity contribution is -0.137. The Bertz CT molecular complexity index is 560. The molecule has 0 spiro atoms. The van der Waals surface area contributed by atoms with Gasteiger partial charge in [0.2, 0.25) is 0 Å². The molecule has 5 nitrogen and oxygen atoms in total. The van der Waals surface area contributed by atoms with Crippen LogP contribution in [0, 0.1) is 0 Å². The van der Waals surface area contributed by atoms with Gasteiger partial charge < -0.3 is 15.7 Å². The van der Waals surface area contributed by atoms with Crippen LogP contribution in [0.3, 0.4) is 0 Å². The van der Waals surface area contributed by atoms with E-state index in [1.54, 1.807) is 6.92 Å². The summed E-state index contributed by atoms with van der Waals surface area (Å²) in [6, 6.07) is 1.75. The normalized spacial score (nSPS) is 12.6. The highest BCUT2D eigenvalue weighted by molar-refractivity contribution is 6.41. The van der Waals surface area contributed by atoms with Crippen LogP contribution in [-0.2, 0) is 15.8 Å². The lowest BCUT2D eigenvalue weighted by Gasteiger charge is -2.14. The molecule has 0 radical (unpaired) electrons. The van der Waals surface area contributed by atoms with Gasteiger partial charge in [0, 0.05) is 0 Å². The summed E-state index contributed by atoms with van der Waals surface area (Å²) in [4.78, 5) is 23.2. The maximum Gasteiger partial charge on any atom is 0.416 e. The zero-order chi connectivity index (χ0) is 16.9. The van der Waals surface area contributed by atoms with Crippen LogP contribution < -0.4 is 10.6 Å². The number of aliphatic hydroxyl groups is 1. The molecule has 0 unspecified atom stereocenters. The second-order valence-electron chi connectivity index (χ2n) is 4.41. The summed E-state index contributed by atoms with van der Waals surface area (Å²) in [7, 11) is 0. The first-order valence-corrected chi connectivity index (χ1v) is 6.66. The number of nitrogens with one attached hydrogen (secondary N) is 2. The van der Waals surface area contributed by atoms with E-state index in [1.807, 2.05) is 5.32 Å². The van der Waals surface area contributed by atoms with Crippen molar-refractivity contribution in [1.29, 1.82) is 0 Å². The Labute approximate surface area is 129 Å². The van der Waals surface area contributed by atoms with Crippen LogP contribution in [0.1, 0.15) is 18.9 Å². The van der Waals surface area contributed by atoms with Crippen molar-refractivity contribution < 1.29 is 27.9 Å². The van der Waals surface area contributed by atoms with Crippen molar-refractivity contribution in [3.63, 3.8) is 0 Å². The van der Waals surface area contributed by atoms with Crippen molar-refractivity contribution in [1.82, 2.24) is 5.32 Å². The largest absolute Gasteiger partial charge is 0.416 e. The summed E-state index contributed by atoms with van der Waals surface area (Å²) >= 11 is 5.70. The number of carbonyl (C=O) groups is 2. The molecule has 0 heterocycles. The highest BCUT2D eigenvalue weighted by Gasteiger charge is 2.31. The van der Waals surface area contributed by atoms with Crippen molar-refractivity contribution in [3.05, 3.63) is 28.8 Å². The number of rotatable bonds is 4. The quantitative estimate of drug-likeness (QED) is 0.736. The highest BCUT2D eigenvalue weighted by Crippen LogP contribution is 2.33. The number of benzene rings is 1. The maximum absolute atomic E-state index is 12.6. The average Bonchev–Trinajstić information content (AvgIpc) is 2.45. The smallest absolute Gasteiger partial charge is 0.394 e. The Hall–Kier alpha value is -1.80. The summed E-state index contributed by atoms with van der Waals surface area (Å²) in [5.41, 5.74) is -1.33. The Balaban J connectivity index is 2.86.